The summed E-state index contributed by atoms with van der Waals surface area (Å²) in [5.74, 6) is 0.925. The van der Waals surface area contributed by atoms with Crippen molar-refractivity contribution in [3.05, 3.63) is 64.2 Å². The highest BCUT2D eigenvalue weighted by molar-refractivity contribution is 7.08. The van der Waals surface area contributed by atoms with Crippen LogP contribution in [0.1, 0.15) is 36.3 Å². The summed E-state index contributed by atoms with van der Waals surface area (Å²) in [6.45, 7) is 1.11. The third-order valence-electron chi connectivity index (χ3n) is 5.76. The lowest BCUT2D eigenvalue weighted by Crippen LogP contribution is -2.33. The van der Waals surface area contributed by atoms with Crippen LogP contribution in [-0.2, 0) is 20.7 Å². The number of H-pyrrole nitrogens is 1. The molecule has 0 saturated heterocycles. The number of aromatic amines is 1. The number of nitrogens with one attached hydrogen (secondary N) is 2. The molecule has 0 saturated carbocycles. The summed E-state index contributed by atoms with van der Waals surface area (Å²) < 4.78 is 17.1. The first-order valence-corrected chi connectivity index (χ1v) is 12.2. The summed E-state index contributed by atoms with van der Waals surface area (Å²) in [6.07, 6.45) is 6.15. The van der Waals surface area contributed by atoms with Crippen LogP contribution < -0.4 is 10.1 Å². The maximum atomic E-state index is 12.9. The van der Waals surface area contributed by atoms with Crippen LogP contribution in [0.3, 0.4) is 0 Å². The number of benzene rings is 1. The molecule has 3 aromatic rings. The smallest absolute Gasteiger partial charge is 0.286 e. The molecule has 1 aliphatic rings. The van der Waals surface area contributed by atoms with E-state index in [1.807, 2.05) is 35.9 Å². The average Bonchev–Trinajstić information content (AvgIpc) is 3.52. The van der Waals surface area contributed by atoms with Crippen LogP contribution in [0, 0.1) is 0 Å². The Morgan fingerprint density at radius 3 is 3.03 bits per heavy atom. The van der Waals surface area contributed by atoms with Gasteiger partial charge in [-0.25, -0.2) is 0 Å². The van der Waals surface area contributed by atoms with Crippen LogP contribution in [0.5, 0.6) is 5.75 Å². The molecular weight excluding hydrogens is 440 g/mol. The summed E-state index contributed by atoms with van der Waals surface area (Å²) in [5, 5.41) is 17.2. The number of methoxy groups -OCH3 is 1. The zero-order chi connectivity index (χ0) is 23.0. The Hall–Kier alpha value is -2.81. The van der Waals surface area contributed by atoms with Gasteiger partial charge in [0.05, 0.1) is 13.7 Å². The van der Waals surface area contributed by atoms with Gasteiger partial charge in [-0.15, -0.1) is 0 Å². The lowest BCUT2D eigenvalue weighted by atomic mass is 9.95. The topological polar surface area (TPSA) is 92.8 Å². The number of aromatic nitrogens is 1. The van der Waals surface area contributed by atoms with E-state index in [1.54, 1.807) is 18.4 Å². The highest BCUT2D eigenvalue weighted by atomic mass is 32.1. The van der Waals surface area contributed by atoms with Gasteiger partial charge in [0.15, 0.2) is 5.76 Å². The number of amides is 1. The first-order chi connectivity index (χ1) is 16.2. The molecule has 7 nitrogen and oxygen atoms in total. The molecule has 0 spiro atoms. The third-order valence-corrected chi connectivity index (χ3v) is 6.46. The number of allylic oxidation sites excluding steroid dienone is 1. The Morgan fingerprint density at radius 1 is 1.33 bits per heavy atom. The maximum absolute atomic E-state index is 12.9. The number of hydrogen-bond donors (Lipinski definition) is 3. The molecule has 0 aliphatic carbocycles. The Bertz CT molecular complexity index is 1080. The van der Waals surface area contributed by atoms with Gasteiger partial charge in [-0.1, -0.05) is 0 Å². The van der Waals surface area contributed by atoms with Gasteiger partial charge >= 0.3 is 0 Å². The summed E-state index contributed by atoms with van der Waals surface area (Å²) >= 11 is 1.63. The molecule has 8 heteroatoms. The molecular formula is C25H30N2O5S. The van der Waals surface area contributed by atoms with E-state index in [0.717, 1.165) is 34.2 Å². The van der Waals surface area contributed by atoms with Gasteiger partial charge in [-0.05, 0) is 71.5 Å². The number of fused-ring (bicyclic) bond motifs is 1. The Morgan fingerprint density at radius 2 is 2.24 bits per heavy atom. The molecule has 176 valence electrons. The van der Waals surface area contributed by atoms with Crippen molar-refractivity contribution in [1.82, 2.24) is 10.3 Å². The van der Waals surface area contributed by atoms with Crippen LogP contribution in [0.15, 0.2) is 53.1 Å². The number of aliphatic hydroxyl groups excluding tert-OH is 1. The standard InChI is InChI=1S/C25H30N2O5S/c1-30-20-4-5-22-21(14-20)17(15-27-22)6-8-26-25(29)23-12-19(18-7-11-33-16-18)13-24(32-23)31-10-3-2-9-28/h4-5,7,11-12,14-16,19,24,27-28H,2-3,6,8-10,13H2,1H3,(H,26,29). The Kier molecular flexibility index (Phi) is 8.04. The second kappa shape index (κ2) is 11.4. The number of carbonyl (C=O) groups excluding carboxylic acids is 1. The minimum absolute atomic E-state index is 0.0645. The first kappa shape index (κ1) is 23.4. The normalized spacial score (nSPS) is 18.1. The van der Waals surface area contributed by atoms with E-state index in [9.17, 15) is 4.79 Å². The largest absolute Gasteiger partial charge is 0.497 e. The number of unbranched alkanes of at least 4 members (excludes halogenated alkanes) is 1. The third kappa shape index (κ3) is 5.96. The molecule has 3 heterocycles. The van der Waals surface area contributed by atoms with Crippen molar-refractivity contribution in [2.45, 2.75) is 37.9 Å². The van der Waals surface area contributed by atoms with Crippen molar-refractivity contribution < 1.29 is 24.1 Å². The Balaban J connectivity index is 1.38. The summed E-state index contributed by atoms with van der Waals surface area (Å²) in [6, 6.07) is 7.98. The minimum Gasteiger partial charge on any atom is -0.497 e. The van der Waals surface area contributed by atoms with Crippen molar-refractivity contribution in [2.75, 3.05) is 26.9 Å². The monoisotopic (exact) mass is 470 g/mol. The summed E-state index contributed by atoms with van der Waals surface area (Å²) in [7, 11) is 1.65. The maximum Gasteiger partial charge on any atom is 0.286 e. The zero-order valence-electron chi connectivity index (χ0n) is 18.7. The summed E-state index contributed by atoms with van der Waals surface area (Å²) in [4.78, 5) is 16.2. The fourth-order valence-corrected chi connectivity index (χ4v) is 4.68. The molecule has 2 aromatic heterocycles. The van der Waals surface area contributed by atoms with Gasteiger partial charge in [0.2, 0.25) is 6.29 Å². The van der Waals surface area contributed by atoms with Crippen LogP contribution in [0.2, 0.25) is 0 Å². The number of hydrogen-bond acceptors (Lipinski definition) is 6. The number of rotatable bonds is 11. The molecule has 0 radical (unpaired) electrons. The van der Waals surface area contributed by atoms with Gasteiger partial charge in [-0.2, -0.15) is 11.3 Å². The fraction of sp³-hybridized carbons (Fsp3) is 0.400. The van der Waals surface area contributed by atoms with Gasteiger partial charge in [0, 0.05) is 42.6 Å². The van der Waals surface area contributed by atoms with Crippen LogP contribution >= 0.6 is 11.3 Å². The van der Waals surface area contributed by atoms with Crippen molar-refractivity contribution >= 4 is 28.1 Å². The number of carbonyl (C=O) groups is 1. The molecule has 3 N–H and O–H groups in total. The van der Waals surface area contributed by atoms with E-state index < -0.39 is 6.29 Å². The SMILES string of the molecule is COc1ccc2[nH]cc(CCNC(=O)C3=CC(c4ccsc4)CC(OCCCCO)O3)c2c1. The van der Waals surface area contributed by atoms with Crippen LogP contribution in [0.4, 0.5) is 0 Å². The summed E-state index contributed by atoms with van der Waals surface area (Å²) in [5.41, 5.74) is 3.31. The molecule has 0 fully saturated rings. The first-order valence-electron chi connectivity index (χ1n) is 11.2. The van der Waals surface area contributed by atoms with Gasteiger partial charge in [0.1, 0.15) is 5.75 Å². The lowest BCUT2D eigenvalue weighted by Gasteiger charge is -2.29. The van der Waals surface area contributed by atoms with Crippen LogP contribution in [-0.4, -0.2) is 49.2 Å². The predicted molar refractivity (Wildman–Crippen MR) is 128 cm³/mol. The van der Waals surface area contributed by atoms with E-state index in [2.05, 4.69) is 21.7 Å². The van der Waals surface area contributed by atoms with Crippen molar-refractivity contribution in [1.29, 1.82) is 0 Å². The number of aliphatic hydroxyl groups is 1. The van der Waals surface area contributed by atoms with E-state index in [0.29, 0.717) is 38.2 Å². The van der Waals surface area contributed by atoms with Gasteiger partial charge in [0.25, 0.3) is 5.91 Å². The molecule has 1 amide bonds. The van der Waals surface area contributed by atoms with E-state index in [4.69, 9.17) is 19.3 Å². The van der Waals surface area contributed by atoms with Gasteiger partial charge in [-0.3, -0.25) is 4.79 Å². The molecule has 0 bridgehead atoms. The van der Waals surface area contributed by atoms with E-state index >= 15 is 0 Å². The highest BCUT2D eigenvalue weighted by Gasteiger charge is 2.28. The molecule has 2 atom stereocenters. The highest BCUT2D eigenvalue weighted by Crippen LogP contribution is 2.32. The number of thiophene rings is 1. The second-order valence-corrected chi connectivity index (χ2v) is 8.79. The Labute approximate surface area is 197 Å². The minimum atomic E-state index is -0.486. The number of ether oxygens (including phenoxy) is 3. The second-order valence-electron chi connectivity index (χ2n) is 8.01. The zero-order valence-corrected chi connectivity index (χ0v) is 19.5. The average molecular weight is 471 g/mol. The van der Waals surface area contributed by atoms with Crippen molar-refractivity contribution in [3.8, 4) is 5.75 Å². The predicted octanol–water partition coefficient (Wildman–Crippen LogP) is 4.10. The molecule has 4 rings (SSSR count). The van der Waals surface area contributed by atoms with E-state index in [1.165, 1.54) is 0 Å². The van der Waals surface area contributed by atoms with E-state index in [-0.39, 0.29) is 18.4 Å². The van der Waals surface area contributed by atoms with Crippen LogP contribution in [0.25, 0.3) is 10.9 Å². The molecule has 33 heavy (non-hydrogen) atoms. The molecule has 2 unspecified atom stereocenters. The lowest BCUT2D eigenvalue weighted by molar-refractivity contribution is -0.146. The van der Waals surface area contributed by atoms with Crippen molar-refractivity contribution in [3.63, 3.8) is 0 Å². The molecule has 1 aromatic carbocycles. The fourth-order valence-electron chi connectivity index (χ4n) is 3.95. The molecule has 1 aliphatic heterocycles. The quantitative estimate of drug-likeness (QED) is 0.367. The van der Waals surface area contributed by atoms with Gasteiger partial charge < -0.3 is 29.6 Å². The van der Waals surface area contributed by atoms with Crippen molar-refractivity contribution in [2.24, 2.45) is 0 Å².